The van der Waals surface area contributed by atoms with E-state index in [1.807, 2.05) is 21.1 Å². The van der Waals surface area contributed by atoms with Gasteiger partial charge in [-0.05, 0) is 64.2 Å². The number of quaternary nitrogens is 1. The molecule has 87 heavy (non-hydrogen) atoms. The summed E-state index contributed by atoms with van der Waals surface area (Å²) in [6, 6.07) is -0.765. The molecule has 0 spiro atoms. The second-order valence-corrected chi connectivity index (χ2v) is 28.5. The lowest BCUT2D eigenvalue weighted by Crippen LogP contribution is -2.46. The molecule has 0 aromatic heterocycles. The van der Waals surface area contributed by atoms with Crippen LogP contribution in [0.1, 0.15) is 367 Å². The van der Waals surface area contributed by atoms with Crippen molar-refractivity contribution in [3.05, 3.63) is 72.9 Å². The number of aliphatic hydroxyl groups is 1. The predicted molar refractivity (Wildman–Crippen MR) is 383 cm³/mol. The van der Waals surface area contributed by atoms with Crippen LogP contribution < -0.4 is 5.32 Å². The van der Waals surface area contributed by atoms with Crippen LogP contribution in [0.25, 0.3) is 0 Å². The number of rotatable bonds is 70. The SMILES string of the molecule is CC/C=C\C/C=C\C/C=C\C/C=C\C/C=C\C/C=C\CCCCCCCCCCCCCCCCCCC(=O)NC(COP(=O)(O)OCC[N+](C)(C)C)C(O)CCCCCCCCCCCCCCCCCCCCCCCCCCCCCCCC. The molecule has 0 saturated carbocycles. The molecule has 1 amide bonds. The Hall–Kier alpha value is -2.06. The molecule has 3 unspecified atom stereocenters. The highest BCUT2D eigenvalue weighted by Gasteiger charge is 2.28. The first-order valence-electron chi connectivity index (χ1n) is 37.8. The Bertz CT molecular complexity index is 1650. The summed E-state index contributed by atoms with van der Waals surface area (Å²) in [5, 5.41) is 14.2. The molecule has 0 aromatic carbocycles. The van der Waals surface area contributed by atoms with E-state index in [-0.39, 0.29) is 19.1 Å². The van der Waals surface area contributed by atoms with Crippen LogP contribution in [-0.4, -0.2) is 73.4 Å². The van der Waals surface area contributed by atoms with Crippen LogP contribution in [0.2, 0.25) is 0 Å². The Morgan fingerprint density at radius 2 is 0.690 bits per heavy atom. The maximum absolute atomic E-state index is 13.1. The van der Waals surface area contributed by atoms with Crippen molar-refractivity contribution in [3.63, 3.8) is 0 Å². The first kappa shape index (κ1) is 84.9. The van der Waals surface area contributed by atoms with Crippen LogP contribution in [0, 0.1) is 0 Å². The summed E-state index contributed by atoms with van der Waals surface area (Å²) in [5.41, 5.74) is 0. The molecule has 0 radical (unpaired) electrons. The largest absolute Gasteiger partial charge is 0.472 e. The van der Waals surface area contributed by atoms with Gasteiger partial charge in [0.25, 0.3) is 0 Å². The molecular formula is C78H148N2O6P+. The number of likely N-dealkylation sites (N-methyl/N-ethyl adjacent to an activating group) is 1. The number of aliphatic hydroxyl groups excluding tert-OH is 1. The van der Waals surface area contributed by atoms with Gasteiger partial charge in [0, 0.05) is 6.42 Å². The monoisotopic (exact) mass is 1240 g/mol. The predicted octanol–water partition coefficient (Wildman–Crippen LogP) is 24.5. The van der Waals surface area contributed by atoms with Crippen molar-refractivity contribution in [3.8, 4) is 0 Å². The number of hydrogen-bond acceptors (Lipinski definition) is 5. The average molecular weight is 1240 g/mol. The van der Waals surface area contributed by atoms with Crippen molar-refractivity contribution in [2.45, 2.75) is 379 Å². The lowest BCUT2D eigenvalue weighted by atomic mass is 10.0. The van der Waals surface area contributed by atoms with Gasteiger partial charge in [-0.2, -0.15) is 0 Å². The number of amides is 1. The van der Waals surface area contributed by atoms with E-state index < -0.39 is 20.0 Å². The molecule has 0 aliphatic heterocycles. The molecule has 0 aliphatic carbocycles. The van der Waals surface area contributed by atoms with Gasteiger partial charge in [0.05, 0.1) is 39.9 Å². The van der Waals surface area contributed by atoms with Crippen molar-refractivity contribution >= 4 is 13.7 Å². The van der Waals surface area contributed by atoms with E-state index in [0.29, 0.717) is 23.9 Å². The topological polar surface area (TPSA) is 105 Å². The van der Waals surface area contributed by atoms with Crippen LogP contribution in [-0.2, 0) is 18.4 Å². The lowest BCUT2D eigenvalue weighted by Gasteiger charge is -2.26. The molecule has 0 saturated heterocycles. The maximum atomic E-state index is 13.1. The van der Waals surface area contributed by atoms with Gasteiger partial charge in [-0.3, -0.25) is 13.8 Å². The Labute approximate surface area is 542 Å². The van der Waals surface area contributed by atoms with Gasteiger partial charge < -0.3 is 19.8 Å². The van der Waals surface area contributed by atoms with E-state index in [2.05, 4.69) is 92.1 Å². The standard InChI is InChI=1S/C78H147N2O6P/c1-6-8-10-12-14-16-18-20-22-24-26-28-30-32-34-36-38-39-40-41-42-44-46-48-50-52-54-56-58-60-62-64-66-68-70-72-78(82)79-76(75-86-87(83,84)85-74-73-80(3,4)5)77(81)71-69-67-65-63-61-59-57-55-53-51-49-47-45-43-37-35-33-31-29-27-25-23-21-19-17-15-13-11-9-7-2/h8,10,14,16,20,22,26,28,32,34,38-39,76-77,81H,6-7,9,11-13,15,17-19,21,23-25,27,29-31,33,35-37,40-75H2,1-5H3,(H-,79,82,83,84)/p+1/b10-8-,16-14-,22-20-,28-26-,34-32-,39-38-. The third kappa shape index (κ3) is 71.2. The lowest BCUT2D eigenvalue weighted by molar-refractivity contribution is -0.870. The van der Waals surface area contributed by atoms with Crippen LogP contribution in [0.15, 0.2) is 72.9 Å². The number of phosphoric acid groups is 1. The van der Waals surface area contributed by atoms with Crippen LogP contribution in [0.5, 0.6) is 0 Å². The summed E-state index contributed by atoms with van der Waals surface area (Å²) in [6.07, 6.45) is 96.0. The van der Waals surface area contributed by atoms with Crippen molar-refractivity contribution in [1.29, 1.82) is 0 Å². The van der Waals surface area contributed by atoms with Crippen molar-refractivity contribution < 1.29 is 32.9 Å². The molecule has 510 valence electrons. The van der Waals surface area contributed by atoms with Gasteiger partial charge in [0.1, 0.15) is 13.2 Å². The quantitative estimate of drug-likeness (QED) is 0.0243. The van der Waals surface area contributed by atoms with Crippen molar-refractivity contribution in [2.75, 3.05) is 40.9 Å². The van der Waals surface area contributed by atoms with E-state index in [9.17, 15) is 19.4 Å². The summed E-state index contributed by atoms with van der Waals surface area (Å²) in [7, 11) is 1.63. The summed E-state index contributed by atoms with van der Waals surface area (Å²) in [6.45, 7) is 4.82. The Morgan fingerprint density at radius 1 is 0.402 bits per heavy atom. The molecule has 0 aliphatic rings. The molecule has 0 heterocycles. The first-order chi connectivity index (χ1) is 42.5. The number of allylic oxidation sites excluding steroid dienone is 12. The van der Waals surface area contributed by atoms with Gasteiger partial charge in [0.2, 0.25) is 5.91 Å². The van der Waals surface area contributed by atoms with E-state index in [0.717, 1.165) is 77.0 Å². The molecule has 0 aromatic rings. The fourth-order valence-electron chi connectivity index (χ4n) is 11.4. The van der Waals surface area contributed by atoms with Gasteiger partial charge in [-0.25, -0.2) is 4.57 Å². The second-order valence-electron chi connectivity index (χ2n) is 27.0. The molecule has 0 rings (SSSR count). The third-order valence-corrected chi connectivity index (χ3v) is 18.2. The minimum atomic E-state index is -4.34. The fraction of sp³-hybridized carbons (Fsp3) is 0.833. The van der Waals surface area contributed by atoms with Crippen LogP contribution in [0.4, 0.5) is 0 Å². The molecule has 8 nitrogen and oxygen atoms in total. The number of hydrogen-bond donors (Lipinski definition) is 3. The Morgan fingerprint density at radius 3 is 1.01 bits per heavy atom. The number of phosphoric ester groups is 1. The summed E-state index contributed by atoms with van der Waals surface area (Å²) < 4.78 is 23.9. The minimum Gasteiger partial charge on any atom is -0.391 e. The number of nitrogens with one attached hydrogen (secondary N) is 1. The molecular weight excluding hydrogens is 1090 g/mol. The molecule has 3 N–H and O–H groups in total. The zero-order valence-electron chi connectivity index (χ0n) is 58.5. The normalized spacial score (nSPS) is 14.0. The molecule has 9 heteroatoms. The minimum absolute atomic E-state index is 0.0744. The number of unbranched alkanes of at least 4 members (excludes halogenated alkanes) is 45. The highest BCUT2D eigenvalue weighted by Crippen LogP contribution is 2.43. The van der Waals surface area contributed by atoms with Gasteiger partial charge in [-0.15, -0.1) is 0 Å². The second kappa shape index (κ2) is 68.3. The Kier molecular flexibility index (Phi) is 66.7. The number of carbonyl (C=O) groups is 1. The van der Waals surface area contributed by atoms with Crippen molar-refractivity contribution in [2.24, 2.45) is 0 Å². The fourth-order valence-corrected chi connectivity index (χ4v) is 12.1. The highest BCUT2D eigenvalue weighted by molar-refractivity contribution is 7.47. The average Bonchev–Trinajstić information content (AvgIpc) is 3.70. The van der Waals surface area contributed by atoms with E-state index in [1.165, 1.54) is 263 Å². The molecule has 0 fully saturated rings. The van der Waals surface area contributed by atoms with E-state index in [4.69, 9.17) is 9.05 Å². The summed E-state index contributed by atoms with van der Waals surface area (Å²) in [4.78, 5) is 23.5. The number of nitrogens with zero attached hydrogens (tertiary/aromatic N) is 1. The van der Waals surface area contributed by atoms with Gasteiger partial charge in [0.15, 0.2) is 0 Å². The third-order valence-electron chi connectivity index (χ3n) is 17.2. The first-order valence-corrected chi connectivity index (χ1v) is 39.3. The van der Waals surface area contributed by atoms with E-state index >= 15 is 0 Å². The molecule has 0 bridgehead atoms. The highest BCUT2D eigenvalue weighted by atomic mass is 31.2. The summed E-state index contributed by atoms with van der Waals surface area (Å²) in [5.74, 6) is -0.140. The maximum Gasteiger partial charge on any atom is 0.472 e. The molecule has 3 atom stereocenters. The zero-order valence-corrected chi connectivity index (χ0v) is 59.4. The zero-order chi connectivity index (χ0) is 63.4. The number of carbonyl (C=O) groups excluding carboxylic acids is 1. The van der Waals surface area contributed by atoms with Crippen LogP contribution >= 0.6 is 7.82 Å². The van der Waals surface area contributed by atoms with Gasteiger partial charge in [-0.1, -0.05) is 369 Å². The van der Waals surface area contributed by atoms with Crippen molar-refractivity contribution in [1.82, 2.24) is 5.32 Å². The van der Waals surface area contributed by atoms with Crippen LogP contribution in [0.3, 0.4) is 0 Å². The van der Waals surface area contributed by atoms with Gasteiger partial charge >= 0.3 is 7.82 Å². The smallest absolute Gasteiger partial charge is 0.391 e. The summed E-state index contributed by atoms with van der Waals surface area (Å²) >= 11 is 0. The van der Waals surface area contributed by atoms with E-state index in [1.54, 1.807) is 0 Å². The Balaban J connectivity index is 3.99.